The molecule has 0 spiro atoms. The predicted octanol–water partition coefficient (Wildman–Crippen LogP) is -2.70. The molecule has 12 heteroatoms. The van der Waals surface area contributed by atoms with Crippen LogP contribution in [0.4, 0.5) is 4.79 Å². The first kappa shape index (κ1) is 17.5. The monoisotopic (exact) mass is 357 g/mol. The Balaban J connectivity index is 1.69. The Kier molecular flexibility index (Phi) is 4.85. The maximum Gasteiger partial charge on any atom is 0.412 e. The highest BCUT2D eigenvalue weighted by Crippen LogP contribution is 2.24. The zero-order chi connectivity index (χ0) is 18.1. The molecule has 1 aromatic heterocycles. The zero-order valence-electron chi connectivity index (χ0n) is 13.3. The van der Waals surface area contributed by atoms with Crippen molar-refractivity contribution >= 4 is 12.0 Å². The van der Waals surface area contributed by atoms with Gasteiger partial charge in [0.1, 0.15) is 36.8 Å². The van der Waals surface area contributed by atoms with Crippen LogP contribution in [0.15, 0.2) is 6.20 Å². The average Bonchev–Trinajstić information content (AvgIpc) is 3.14. The zero-order valence-corrected chi connectivity index (χ0v) is 13.3. The molecule has 0 unspecified atom stereocenters. The molecule has 3 rings (SSSR count). The van der Waals surface area contributed by atoms with E-state index in [2.05, 4.69) is 15.6 Å². The Morgan fingerprint density at radius 2 is 2.12 bits per heavy atom. The topological polar surface area (TPSA) is 159 Å². The van der Waals surface area contributed by atoms with Crippen molar-refractivity contribution in [2.24, 2.45) is 0 Å². The highest BCUT2D eigenvalue weighted by atomic mass is 16.6. The van der Waals surface area contributed by atoms with Gasteiger partial charge in [0.05, 0.1) is 19.3 Å². The summed E-state index contributed by atoms with van der Waals surface area (Å²) >= 11 is 0. The number of nitrogens with zero attached hydrogens (tertiary/aromatic N) is 4. The number of carbonyl (C=O) groups excluding carboxylic acids is 2. The van der Waals surface area contributed by atoms with Crippen LogP contribution in [0.2, 0.25) is 0 Å². The molecule has 0 radical (unpaired) electrons. The Bertz CT molecular complexity index is 652. The molecular weight excluding hydrogens is 338 g/mol. The van der Waals surface area contributed by atoms with Gasteiger partial charge in [-0.25, -0.2) is 9.48 Å². The number of ether oxygens (including phenoxy) is 2. The number of aliphatic hydroxyl groups is 3. The van der Waals surface area contributed by atoms with Gasteiger partial charge < -0.3 is 30.1 Å². The van der Waals surface area contributed by atoms with Gasteiger partial charge in [-0.2, -0.15) is 0 Å². The van der Waals surface area contributed by atoms with E-state index in [0.717, 1.165) is 0 Å². The molecule has 12 nitrogen and oxygen atoms in total. The fourth-order valence-corrected chi connectivity index (χ4v) is 2.69. The van der Waals surface area contributed by atoms with E-state index in [4.69, 9.17) is 9.47 Å². The summed E-state index contributed by atoms with van der Waals surface area (Å²) in [5.41, 5.74) is 0.366. The SMILES string of the molecule is CC(=O)N[C@H]1COC(=O)N1Cc1cn([C@H]2OC[C@@H](O)[C@H](O)[C@H]2O)nn1. The van der Waals surface area contributed by atoms with Gasteiger partial charge in [0, 0.05) is 6.92 Å². The fourth-order valence-electron chi connectivity index (χ4n) is 2.69. The third-order valence-electron chi connectivity index (χ3n) is 3.97. The molecule has 138 valence electrons. The third-order valence-corrected chi connectivity index (χ3v) is 3.97. The smallest absolute Gasteiger partial charge is 0.412 e. The molecule has 25 heavy (non-hydrogen) atoms. The highest BCUT2D eigenvalue weighted by Gasteiger charge is 2.39. The Hall–Kier alpha value is -2.28. The number of amides is 2. The summed E-state index contributed by atoms with van der Waals surface area (Å²) in [6, 6.07) is 0. The number of hydrogen-bond acceptors (Lipinski definition) is 9. The van der Waals surface area contributed by atoms with Crippen LogP contribution in [0.5, 0.6) is 0 Å². The summed E-state index contributed by atoms with van der Waals surface area (Å²) in [6.07, 6.45) is -4.73. The second-order valence-electron chi connectivity index (χ2n) is 5.88. The minimum atomic E-state index is -1.39. The molecule has 2 aliphatic rings. The molecule has 3 heterocycles. The molecule has 4 N–H and O–H groups in total. The van der Waals surface area contributed by atoms with Crippen LogP contribution in [0.1, 0.15) is 18.8 Å². The second-order valence-corrected chi connectivity index (χ2v) is 5.88. The summed E-state index contributed by atoms with van der Waals surface area (Å²) in [6.45, 7) is 1.22. The van der Waals surface area contributed by atoms with Crippen LogP contribution in [0.3, 0.4) is 0 Å². The van der Waals surface area contributed by atoms with E-state index in [0.29, 0.717) is 5.69 Å². The van der Waals surface area contributed by atoms with E-state index in [-0.39, 0.29) is 25.7 Å². The van der Waals surface area contributed by atoms with Crippen LogP contribution in [0.25, 0.3) is 0 Å². The van der Waals surface area contributed by atoms with Crippen LogP contribution in [-0.2, 0) is 20.8 Å². The molecule has 0 aromatic carbocycles. The lowest BCUT2D eigenvalue weighted by atomic mass is 10.0. The summed E-state index contributed by atoms with van der Waals surface area (Å²) in [5.74, 6) is -0.303. The molecule has 1 aromatic rings. The van der Waals surface area contributed by atoms with Crippen LogP contribution in [-0.4, -0.2) is 84.9 Å². The van der Waals surface area contributed by atoms with Gasteiger partial charge in [0.15, 0.2) is 6.23 Å². The lowest BCUT2D eigenvalue weighted by Crippen LogP contribution is -2.50. The normalized spacial score (nSPS) is 32.6. The van der Waals surface area contributed by atoms with Crippen molar-refractivity contribution in [3.05, 3.63) is 11.9 Å². The molecule has 0 saturated carbocycles. The number of hydrogen-bond donors (Lipinski definition) is 4. The molecule has 0 bridgehead atoms. The molecule has 2 fully saturated rings. The van der Waals surface area contributed by atoms with Gasteiger partial charge in [0.2, 0.25) is 5.91 Å². The molecule has 2 saturated heterocycles. The van der Waals surface area contributed by atoms with Crippen molar-refractivity contribution in [3.8, 4) is 0 Å². The molecular formula is C13H19N5O7. The maximum atomic E-state index is 11.8. The third kappa shape index (κ3) is 3.56. The highest BCUT2D eigenvalue weighted by molar-refractivity contribution is 5.75. The predicted molar refractivity (Wildman–Crippen MR) is 77.5 cm³/mol. The maximum absolute atomic E-state index is 11.8. The van der Waals surface area contributed by atoms with Gasteiger partial charge in [-0.05, 0) is 0 Å². The first-order chi connectivity index (χ1) is 11.9. The lowest BCUT2D eigenvalue weighted by molar-refractivity contribution is -0.214. The van der Waals surface area contributed by atoms with E-state index in [1.807, 2.05) is 0 Å². The summed E-state index contributed by atoms with van der Waals surface area (Å²) < 4.78 is 11.4. The standard InChI is InChI=1S/C13H19N5O7/c1-6(19)14-9-5-25-13(23)17(9)2-7-3-18(16-15-7)12-11(22)10(21)8(20)4-24-12/h3,8-12,20-22H,2,4-5H2,1H3,(H,14,19)/t8-,9-,10+,11-,12+/m1/s1. The molecule has 2 amide bonds. The van der Waals surface area contributed by atoms with Crippen LogP contribution >= 0.6 is 0 Å². The first-order valence-corrected chi connectivity index (χ1v) is 7.64. The number of cyclic esters (lactones) is 1. The summed E-state index contributed by atoms with van der Waals surface area (Å²) in [7, 11) is 0. The van der Waals surface area contributed by atoms with Crippen molar-refractivity contribution in [2.45, 2.75) is 44.2 Å². The number of aliphatic hydroxyl groups excluding tert-OH is 3. The van der Waals surface area contributed by atoms with E-state index in [9.17, 15) is 24.9 Å². The molecule has 5 atom stereocenters. The van der Waals surface area contributed by atoms with E-state index in [1.165, 1.54) is 22.7 Å². The minimum absolute atomic E-state index is 0.0256. The van der Waals surface area contributed by atoms with Crippen LogP contribution < -0.4 is 5.32 Å². The van der Waals surface area contributed by atoms with Gasteiger partial charge in [-0.3, -0.25) is 9.69 Å². The molecule has 0 aliphatic carbocycles. The Morgan fingerprint density at radius 1 is 1.36 bits per heavy atom. The van der Waals surface area contributed by atoms with Crippen molar-refractivity contribution in [3.63, 3.8) is 0 Å². The van der Waals surface area contributed by atoms with Gasteiger partial charge in [-0.15, -0.1) is 5.10 Å². The quantitative estimate of drug-likeness (QED) is 0.450. The lowest BCUT2D eigenvalue weighted by Gasteiger charge is -2.34. The number of rotatable bonds is 4. The van der Waals surface area contributed by atoms with E-state index < -0.39 is 36.8 Å². The van der Waals surface area contributed by atoms with Gasteiger partial charge in [0.25, 0.3) is 0 Å². The summed E-state index contributed by atoms with van der Waals surface area (Å²) in [4.78, 5) is 24.2. The van der Waals surface area contributed by atoms with Crippen molar-refractivity contribution in [2.75, 3.05) is 13.2 Å². The number of carbonyl (C=O) groups is 2. The van der Waals surface area contributed by atoms with Crippen LogP contribution in [0, 0.1) is 0 Å². The number of nitrogens with one attached hydrogen (secondary N) is 1. The van der Waals surface area contributed by atoms with Crippen molar-refractivity contribution in [1.82, 2.24) is 25.2 Å². The van der Waals surface area contributed by atoms with Gasteiger partial charge >= 0.3 is 6.09 Å². The van der Waals surface area contributed by atoms with Crippen molar-refractivity contribution in [1.29, 1.82) is 0 Å². The average molecular weight is 357 g/mol. The second kappa shape index (κ2) is 6.92. The fraction of sp³-hybridized carbons (Fsp3) is 0.692. The van der Waals surface area contributed by atoms with E-state index >= 15 is 0 Å². The van der Waals surface area contributed by atoms with E-state index in [1.54, 1.807) is 0 Å². The van der Waals surface area contributed by atoms with Crippen molar-refractivity contribution < 1.29 is 34.4 Å². The Labute approximate surface area is 141 Å². The van der Waals surface area contributed by atoms with Gasteiger partial charge in [-0.1, -0.05) is 5.21 Å². The number of aromatic nitrogens is 3. The first-order valence-electron chi connectivity index (χ1n) is 7.64. The minimum Gasteiger partial charge on any atom is -0.445 e. The molecule has 2 aliphatic heterocycles. The summed E-state index contributed by atoms with van der Waals surface area (Å²) in [5, 5.41) is 39.5. The Morgan fingerprint density at radius 3 is 2.84 bits per heavy atom. The largest absolute Gasteiger partial charge is 0.445 e.